The van der Waals surface area contributed by atoms with Crippen LogP contribution in [0.1, 0.15) is 57.5 Å². The van der Waals surface area contributed by atoms with Crippen molar-refractivity contribution in [3.8, 4) is 0 Å². The van der Waals surface area contributed by atoms with Crippen molar-refractivity contribution in [2.45, 2.75) is 59.1 Å². The fourth-order valence-electron chi connectivity index (χ4n) is 1.98. The number of nitrogens with zero attached hydrogens (tertiary/aromatic N) is 1. The summed E-state index contributed by atoms with van der Waals surface area (Å²) in [5.41, 5.74) is 2.42. The highest BCUT2D eigenvalue weighted by atomic mass is 16.3. The number of hydrogen-bond acceptors (Lipinski definition) is 1. The van der Waals surface area contributed by atoms with Crippen LogP contribution in [0.25, 0.3) is 0 Å². The van der Waals surface area contributed by atoms with Crippen LogP contribution >= 0.6 is 0 Å². The van der Waals surface area contributed by atoms with Crippen molar-refractivity contribution in [3.05, 3.63) is 23.5 Å². The van der Waals surface area contributed by atoms with Gasteiger partial charge in [0, 0.05) is 17.4 Å². The molecule has 1 atom stereocenters. The van der Waals surface area contributed by atoms with Gasteiger partial charge in [0.25, 0.3) is 0 Å². The lowest BCUT2D eigenvalue weighted by Crippen LogP contribution is -2.11. The second-order valence-electron chi connectivity index (χ2n) is 4.20. The molecule has 0 fully saturated rings. The summed E-state index contributed by atoms with van der Waals surface area (Å²) in [6.07, 6.45) is 4.69. The van der Waals surface area contributed by atoms with E-state index in [4.69, 9.17) is 0 Å². The first-order valence-electron chi connectivity index (χ1n) is 6.04. The summed E-state index contributed by atoms with van der Waals surface area (Å²) in [5.74, 6) is 0. The van der Waals surface area contributed by atoms with Crippen LogP contribution in [0.3, 0.4) is 0 Å². The molecule has 15 heavy (non-hydrogen) atoms. The Balaban J connectivity index is 2.89. The van der Waals surface area contributed by atoms with E-state index in [0.717, 1.165) is 18.5 Å². The highest BCUT2D eigenvalue weighted by Gasteiger charge is 2.11. The van der Waals surface area contributed by atoms with Gasteiger partial charge in [-0.2, -0.15) is 0 Å². The fourth-order valence-corrected chi connectivity index (χ4v) is 1.98. The van der Waals surface area contributed by atoms with E-state index in [1.807, 2.05) is 0 Å². The molecule has 1 aromatic heterocycles. The third kappa shape index (κ3) is 2.85. The maximum atomic E-state index is 9.28. The minimum absolute atomic E-state index is 0.149. The lowest BCUT2D eigenvalue weighted by molar-refractivity contribution is 0.265. The van der Waals surface area contributed by atoms with E-state index < -0.39 is 0 Å². The van der Waals surface area contributed by atoms with Crippen LogP contribution in [0, 0.1) is 0 Å². The second kappa shape index (κ2) is 5.96. The highest BCUT2D eigenvalue weighted by Crippen LogP contribution is 2.20. The van der Waals surface area contributed by atoms with Gasteiger partial charge in [0.05, 0.1) is 6.61 Å². The molecule has 0 unspecified atom stereocenters. The molecule has 0 radical (unpaired) electrons. The van der Waals surface area contributed by atoms with Crippen molar-refractivity contribution in [3.63, 3.8) is 0 Å². The van der Waals surface area contributed by atoms with Gasteiger partial charge in [-0.1, -0.05) is 20.3 Å². The quantitative estimate of drug-likeness (QED) is 0.764. The largest absolute Gasteiger partial charge is 0.390 e. The molecule has 0 spiro atoms. The van der Waals surface area contributed by atoms with Crippen molar-refractivity contribution in [1.29, 1.82) is 0 Å². The minimum Gasteiger partial charge on any atom is -0.390 e. The molecule has 1 heterocycles. The van der Waals surface area contributed by atoms with Gasteiger partial charge in [-0.15, -0.1) is 0 Å². The molecule has 0 saturated heterocycles. The number of unbranched alkanes of at least 4 members (excludes halogenated alkanes) is 1. The molecule has 0 aliphatic carbocycles. The third-order valence-electron chi connectivity index (χ3n) is 3.07. The van der Waals surface area contributed by atoms with Crippen molar-refractivity contribution in [2.75, 3.05) is 0 Å². The summed E-state index contributed by atoms with van der Waals surface area (Å²) >= 11 is 0. The molecule has 0 aromatic carbocycles. The number of aryl methyl sites for hydroxylation is 1. The van der Waals surface area contributed by atoms with E-state index in [1.54, 1.807) is 0 Å². The first kappa shape index (κ1) is 12.3. The molecule has 0 saturated carbocycles. The van der Waals surface area contributed by atoms with Gasteiger partial charge in [-0.3, -0.25) is 0 Å². The Morgan fingerprint density at radius 2 is 1.93 bits per heavy atom. The zero-order valence-corrected chi connectivity index (χ0v) is 10.2. The van der Waals surface area contributed by atoms with E-state index in [1.165, 1.54) is 18.5 Å². The van der Waals surface area contributed by atoms with E-state index in [9.17, 15) is 5.11 Å². The Bertz CT molecular complexity index is 291. The first-order valence-corrected chi connectivity index (χ1v) is 6.04. The highest BCUT2D eigenvalue weighted by molar-refractivity contribution is 5.17. The molecule has 1 rings (SSSR count). The Morgan fingerprint density at radius 1 is 1.27 bits per heavy atom. The predicted octanol–water partition coefficient (Wildman–Crippen LogP) is 3.29. The maximum absolute atomic E-state index is 9.28. The van der Waals surface area contributed by atoms with Crippen LogP contribution in [0.5, 0.6) is 0 Å². The summed E-state index contributed by atoms with van der Waals surface area (Å²) in [4.78, 5) is 0. The Hall–Kier alpha value is -0.760. The molecular weight excluding hydrogens is 186 g/mol. The lowest BCUT2D eigenvalue weighted by atomic mass is 10.2. The number of hydrogen-bond donors (Lipinski definition) is 1. The molecule has 1 N–H and O–H groups in total. The Kier molecular flexibility index (Phi) is 4.89. The maximum Gasteiger partial charge on any atom is 0.0833 e. The molecule has 2 nitrogen and oxygen atoms in total. The summed E-state index contributed by atoms with van der Waals surface area (Å²) in [6, 6.07) is 4.71. The Labute approximate surface area is 92.9 Å². The summed E-state index contributed by atoms with van der Waals surface area (Å²) in [6.45, 7) is 6.77. The fraction of sp³-hybridized carbons (Fsp3) is 0.692. The lowest BCUT2D eigenvalue weighted by Gasteiger charge is -2.18. The van der Waals surface area contributed by atoms with Crippen LogP contribution in [0.4, 0.5) is 0 Å². The van der Waals surface area contributed by atoms with Crippen molar-refractivity contribution >= 4 is 0 Å². The SMILES string of the molecule is CCCCc1ccc(CO)n1[C@@H](C)CC. The van der Waals surface area contributed by atoms with E-state index in [2.05, 4.69) is 37.5 Å². The van der Waals surface area contributed by atoms with Gasteiger partial charge in [0.1, 0.15) is 0 Å². The summed E-state index contributed by atoms with van der Waals surface area (Å²) in [5, 5.41) is 9.28. The van der Waals surface area contributed by atoms with Crippen LogP contribution in [0.2, 0.25) is 0 Å². The molecule has 0 bridgehead atoms. The number of aromatic nitrogens is 1. The zero-order valence-electron chi connectivity index (χ0n) is 10.2. The molecule has 0 aliphatic heterocycles. The summed E-state index contributed by atoms with van der Waals surface area (Å²) in [7, 11) is 0. The van der Waals surface area contributed by atoms with E-state index in [-0.39, 0.29) is 6.61 Å². The zero-order chi connectivity index (χ0) is 11.3. The summed E-state index contributed by atoms with van der Waals surface area (Å²) < 4.78 is 2.30. The van der Waals surface area contributed by atoms with Gasteiger partial charge < -0.3 is 9.67 Å². The van der Waals surface area contributed by atoms with Crippen molar-refractivity contribution < 1.29 is 5.11 Å². The number of rotatable bonds is 6. The van der Waals surface area contributed by atoms with Crippen LogP contribution in [-0.4, -0.2) is 9.67 Å². The topological polar surface area (TPSA) is 25.2 Å². The number of aliphatic hydroxyl groups excluding tert-OH is 1. The van der Waals surface area contributed by atoms with Crippen LogP contribution < -0.4 is 0 Å². The average molecular weight is 209 g/mol. The molecule has 86 valence electrons. The van der Waals surface area contributed by atoms with Crippen molar-refractivity contribution in [1.82, 2.24) is 4.57 Å². The van der Waals surface area contributed by atoms with Gasteiger partial charge >= 0.3 is 0 Å². The number of aliphatic hydroxyl groups is 1. The smallest absolute Gasteiger partial charge is 0.0833 e. The van der Waals surface area contributed by atoms with E-state index in [0.29, 0.717) is 6.04 Å². The van der Waals surface area contributed by atoms with Gasteiger partial charge in [-0.05, 0) is 38.3 Å². The third-order valence-corrected chi connectivity index (χ3v) is 3.07. The van der Waals surface area contributed by atoms with Gasteiger partial charge in [-0.25, -0.2) is 0 Å². The normalized spacial score (nSPS) is 13.1. The molecular formula is C13H23NO. The van der Waals surface area contributed by atoms with Crippen LogP contribution in [0.15, 0.2) is 12.1 Å². The van der Waals surface area contributed by atoms with Gasteiger partial charge in [0.2, 0.25) is 0 Å². The first-order chi connectivity index (χ1) is 7.24. The Morgan fingerprint density at radius 3 is 2.47 bits per heavy atom. The van der Waals surface area contributed by atoms with Gasteiger partial charge in [0.15, 0.2) is 0 Å². The molecule has 0 amide bonds. The van der Waals surface area contributed by atoms with E-state index >= 15 is 0 Å². The average Bonchev–Trinajstić information content (AvgIpc) is 2.68. The minimum atomic E-state index is 0.149. The molecule has 2 heteroatoms. The standard InChI is InChI=1S/C13H23NO/c1-4-6-7-12-8-9-13(10-15)14(12)11(3)5-2/h8-9,11,15H,4-7,10H2,1-3H3/t11-/m0/s1. The van der Waals surface area contributed by atoms with Crippen LogP contribution in [-0.2, 0) is 13.0 Å². The van der Waals surface area contributed by atoms with Crippen molar-refractivity contribution in [2.24, 2.45) is 0 Å². The molecule has 0 aliphatic rings. The predicted molar refractivity (Wildman–Crippen MR) is 64.0 cm³/mol. The monoisotopic (exact) mass is 209 g/mol. The second-order valence-corrected chi connectivity index (χ2v) is 4.20. The molecule has 1 aromatic rings.